The summed E-state index contributed by atoms with van der Waals surface area (Å²) in [4.78, 5) is 17.0. The molecule has 3 rings (SSSR count). The fourth-order valence-electron chi connectivity index (χ4n) is 2.90. The van der Waals surface area contributed by atoms with E-state index in [2.05, 4.69) is 10.3 Å². The number of aromatic nitrogens is 1. The molecule has 6 heteroatoms. The quantitative estimate of drug-likeness (QED) is 0.832. The van der Waals surface area contributed by atoms with Gasteiger partial charge < -0.3 is 15.2 Å². The van der Waals surface area contributed by atoms with E-state index in [1.807, 2.05) is 4.90 Å². The minimum absolute atomic E-state index is 0.0139. The molecule has 1 aromatic heterocycles. The van der Waals surface area contributed by atoms with Crippen LogP contribution in [0.1, 0.15) is 23.3 Å². The Morgan fingerprint density at radius 2 is 2.22 bits per heavy atom. The van der Waals surface area contributed by atoms with Gasteiger partial charge in [0.05, 0.1) is 5.02 Å². The number of carbonyl (C=O) groups excluding carboxylic acids is 1. The lowest BCUT2D eigenvalue weighted by Gasteiger charge is -2.24. The summed E-state index contributed by atoms with van der Waals surface area (Å²) < 4.78 is 0. The number of piperidine rings is 1. The molecule has 2 atom stereocenters. The molecule has 0 aliphatic carbocycles. The van der Waals surface area contributed by atoms with Gasteiger partial charge in [-0.3, -0.25) is 4.79 Å². The van der Waals surface area contributed by atoms with Crippen molar-refractivity contribution in [1.29, 1.82) is 0 Å². The predicted molar refractivity (Wildman–Crippen MR) is 71.2 cm³/mol. The summed E-state index contributed by atoms with van der Waals surface area (Å²) in [6, 6.07) is 2.05. The second-order valence-electron chi connectivity index (χ2n) is 5.02. The molecule has 98 valence electrons. The highest BCUT2D eigenvalue weighted by molar-refractivity contribution is 6.41. The first-order valence-electron chi connectivity index (χ1n) is 6.22. The van der Waals surface area contributed by atoms with Crippen LogP contribution in [0.2, 0.25) is 10.2 Å². The Balaban J connectivity index is 1.74. The summed E-state index contributed by atoms with van der Waals surface area (Å²) in [5.74, 6) is 0.573. The molecule has 0 unspecified atom stereocenters. The summed E-state index contributed by atoms with van der Waals surface area (Å²) in [6.45, 7) is 2.66. The molecule has 0 radical (unpaired) electrons. The third-order valence-electron chi connectivity index (χ3n) is 3.84. The van der Waals surface area contributed by atoms with Gasteiger partial charge in [0, 0.05) is 19.1 Å². The van der Waals surface area contributed by atoms with Gasteiger partial charge in [-0.25, -0.2) is 0 Å². The number of rotatable bonds is 1. The van der Waals surface area contributed by atoms with Gasteiger partial charge in [-0.1, -0.05) is 23.2 Å². The molecule has 0 aromatic carbocycles. The summed E-state index contributed by atoms with van der Waals surface area (Å²) >= 11 is 11.7. The van der Waals surface area contributed by atoms with Crippen molar-refractivity contribution in [3.63, 3.8) is 0 Å². The van der Waals surface area contributed by atoms with E-state index in [0.29, 0.717) is 27.8 Å². The van der Waals surface area contributed by atoms with Crippen molar-refractivity contribution in [3.8, 4) is 0 Å². The smallest absolute Gasteiger partial charge is 0.270 e. The van der Waals surface area contributed by atoms with Gasteiger partial charge in [-0.15, -0.1) is 0 Å². The Labute approximate surface area is 116 Å². The topological polar surface area (TPSA) is 48.1 Å². The Kier molecular flexibility index (Phi) is 3.26. The molecule has 18 heavy (non-hydrogen) atoms. The summed E-state index contributed by atoms with van der Waals surface area (Å²) in [6.07, 6.45) is 2.40. The minimum atomic E-state index is -0.0139. The van der Waals surface area contributed by atoms with Gasteiger partial charge >= 0.3 is 0 Å². The molecule has 2 aliphatic rings. The molecule has 1 aromatic rings. The predicted octanol–water partition coefficient (Wildman–Crippen LogP) is 2.15. The maximum atomic E-state index is 12.3. The number of aromatic amines is 1. The van der Waals surface area contributed by atoms with Crippen molar-refractivity contribution in [2.75, 3.05) is 19.6 Å². The maximum absolute atomic E-state index is 12.3. The first kappa shape index (κ1) is 12.3. The van der Waals surface area contributed by atoms with E-state index < -0.39 is 0 Å². The van der Waals surface area contributed by atoms with E-state index in [9.17, 15) is 4.79 Å². The maximum Gasteiger partial charge on any atom is 0.270 e. The van der Waals surface area contributed by atoms with Gasteiger partial charge in [-0.2, -0.15) is 0 Å². The van der Waals surface area contributed by atoms with E-state index in [1.165, 1.54) is 12.8 Å². The zero-order valence-corrected chi connectivity index (χ0v) is 11.4. The lowest BCUT2D eigenvalue weighted by Crippen LogP contribution is -2.41. The molecule has 2 N–H and O–H groups in total. The lowest BCUT2D eigenvalue weighted by atomic mass is 9.94. The summed E-state index contributed by atoms with van der Waals surface area (Å²) in [7, 11) is 0. The number of hydrogen-bond donors (Lipinski definition) is 2. The van der Waals surface area contributed by atoms with Crippen LogP contribution >= 0.6 is 23.2 Å². The number of carbonyl (C=O) groups is 1. The van der Waals surface area contributed by atoms with Crippen LogP contribution in [-0.2, 0) is 0 Å². The monoisotopic (exact) mass is 287 g/mol. The molecule has 0 bridgehead atoms. The molecule has 0 spiro atoms. The largest absolute Gasteiger partial charge is 0.340 e. The van der Waals surface area contributed by atoms with E-state index >= 15 is 0 Å². The van der Waals surface area contributed by atoms with Gasteiger partial charge in [-0.05, 0) is 31.4 Å². The molecule has 2 aliphatic heterocycles. The second kappa shape index (κ2) is 4.76. The zero-order chi connectivity index (χ0) is 12.7. The Hall–Kier alpha value is -0.710. The van der Waals surface area contributed by atoms with Gasteiger partial charge in [0.1, 0.15) is 10.8 Å². The Bertz CT molecular complexity index is 440. The van der Waals surface area contributed by atoms with Crippen molar-refractivity contribution in [3.05, 3.63) is 21.9 Å². The minimum Gasteiger partial charge on any atom is -0.340 e. The zero-order valence-electron chi connectivity index (χ0n) is 9.88. The fourth-order valence-corrected chi connectivity index (χ4v) is 3.21. The van der Waals surface area contributed by atoms with E-state index in [0.717, 1.165) is 19.6 Å². The van der Waals surface area contributed by atoms with Crippen LogP contribution in [-0.4, -0.2) is 41.5 Å². The van der Waals surface area contributed by atoms with Crippen LogP contribution < -0.4 is 5.32 Å². The van der Waals surface area contributed by atoms with E-state index in [-0.39, 0.29) is 5.91 Å². The lowest BCUT2D eigenvalue weighted by molar-refractivity contribution is 0.0780. The van der Waals surface area contributed by atoms with Crippen molar-refractivity contribution in [1.82, 2.24) is 15.2 Å². The fraction of sp³-hybridized carbons (Fsp3) is 0.583. The number of hydrogen-bond acceptors (Lipinski definition) is 2. The van der Waals surface area contributed by atoms with Crippen LogP contribution in [0.4, 0.5) is 0 Å². The molecule has 0 saturated carbocycles. The summed E-state index contributed by atoms with van der Waals surface area (Å²) in [5.41, 5.74) is 0.476. The molecular weight excluding hydrogens is 273 g/mol. The Morgan fingerprint density at radius 1 is 1.39 bits per heavy atom. The number of likely N-dealkylation sites (tertiary alicyclic amines) is 1. The average molecular weight is 288 g/mol. The van der Waals surface area contributed by atoms with Gasteiger partial charge in [0.15, 0.2) is 0 Å². The summed E-state index contributed by atoms with van der Waals surface area (Å²) in [5, 5.41) is 4.20. The highest BCUT2D eigenvalue weighted by Gasteiger charge is 2.37. The number of nitrogens with one attached hydrogen (secondary N) is 2. The molecule has 1 amide bonds. The first-order chi connectivity index (χ1) is 8.65. The third kappa shape index (κ3) is 2.13. The Morgan fingerprint density at radius 3 is 2.89 bits per heavy atom. The van der Waals surface area contributed by atoms with Crippen LogP contribution in [0, 0.1) is 5.92 Å². The number of fused-ring (bicyclic) bond motifs is 1. The first-order valence-corrected chi connectivity index (χ1v) is 6.97. The number of H-pyrrole nitrogens is 1. The average Bonchev–Trinajstić information content (AvgIpc) is 2.93. The SMILES string of the molecule is O=C(c1cc(Cl)c(Cl)[nH]1)N1C[C@@H]2CCCN[C@@H]2C1. The highest BCUT2D eigenvalue weighted by atomic mass is 35.5. The number of nitrogens with zero attached hydrogens (tertiary/aromatic N) is 1. The van der Waals surface area contributed by atoms with Crippen LogP contribution in [0.5, 0.6) is 0 Å². The van der Waals surface area contributed by atoms with Crippen molar-refractivity contribution >= 4 is 29.1 Å². The second-order valence-corrected chi connectivity index (χ2v) is 5.80. The van der Waals surface area contributed by atoms with Crippen LogP contribution in [0.15, 0.2) is 6.07 Å². The molecule has 4 nitrogen and oxygen atoms in total. The highest BCUT2D eigenvalue weighted by Crippen LogP contribution is 2.27. The van der Waals surface area contributed by atoms with Crippen molar-refractivity contribution in [2.24, 2.45) is 5.92 Å². The molecular formula is C12H15Cl2N3O. The normalized spacial score (nSPS) is 27.3. The van der Waals surface area contributed by atoms with Crippen LogP contribution in [0.3, 0.4) is 0 Å². The van der Waals surface area contributed by atoms with Crippen LogP contribution in [0.25, 0.3) is 0 Å². The third-order valence-corrected chi connectivity index (χ3v) is 4.53. The molecule has 2 fully saturated rings. The van der Waals surface area contributed by atoms with Gasteiger partial charge in [0.25, 0.3) is 5.91 Å². The standard InChI is InChI=1S/C12H15Cl2N3O/c13-8-4-9(16-11(8)14)12(18)17-5-7-2-1-3-15-10(7)6-17/h4,7,10,15-16H,1-3,5-6H2/t7-,10+/m0/s1. The van der Waals surface area contributed by atoms with Gasteiger partial charge in [0.2, 0.25) is 0 Å². The van der Waals surface area contributed by atoms with Crippen molar-refractivity contribution in [2.45, 2.75) is 18.9 Å². The van der Waals surface area contributed by atoms with Crippen molar-refractivity contribution < 1.29 is 4.79 Å². The number of amides is 1. The van der Waals surface area contributed by atoms with E-state index in [1.54, 1.807) is 6.07 Å². The van der Waals surface area contributed by atoms with E-state index in [4.69, 9.17) is 23.2 Å². The molecule has 2 saturated heterocycles. The number of halogens is 2. The molecule has 3 heterocycles.